The van der Waals surface area contributed by atoms with Crippen LogP contribution in [0.3, 0.4) is 0 Å². The number of carbonyl (C=O) groups excluding carboxylic acids is 2. The number of nitrogens with two attached hydrogens (primary N) is 1. The Labute approximate surface area is 197 Å². The van der Waals surface area contributed by atoms with Crippen molar-refractivity contribution >= 4 is 33.9 Å². The van der Waals surface area contributed by atoms with Crippen LogP contribution in [0.4, 0.5) is 4.79 Å². The summed E-state index contributed by atoms with van der Waals surface area (Å²) in [5.74, 6) is 0.765. The zero-order chi connectivity index (χ0) is 24.0. The molecular formula is C26H29N5O3. The number of piperidine rings is 1. The summed E-state index contributed by atoms with van der Waals surface area (Å²) >= 11 is 0. The van der Waals surface area contributed by atoms with Crippen molar-refractivity contribution in [2.75, 3.05) is 6.54 Å². The second-order valence-corrected chi connectivity index (χ2v) is 8.97. The van der Waals surface area contributed by atoms with E-state index in [4.69, 9.17) is 15.5 Å². The third kappa shape index (κ3) is 3.69. The number of hydrogen-bond acceptors (Lipinski definition) is 4. The Morgan fingerprint density at radius 2 is 1.91 bits per heavy atom. The maximum Gasteiger partial charge on any atom is 0.404 e. The van der Waals surface area contributed by atoms with Gasteiger partial charge in [-0.2, -0.15) is 0 Å². The first-order chi connectivity index (χ1) is 16.4. The van der Waals surface area contributed by atoms with E-state index in [2.05, 4.69) is 34.3 Å². The number of benzene rings is 2. The molecule has 0 aliphatic carbocycles. The fourth-order valence-corrected chi connectivity index (χ4v) is 5.08. The summed E-state index contributed by atoms with van der Waals surface area (Å²) in [5, 5.41) is 1.18. The monoisotopic (exact) mass is 459 g/mol. The van der Waals surface area contributed by atoms with Gasteiger partial charge >= 0.3 is 6.09 Å². The maximum absolute atomic E-state index is 13.4. The molecule has 5 rings (SSSR count). The fraction of sp³-hybridized carbons (Fsp3) is 0.346. The number of likely N-dealkylation sites (tertiary alicyclic amines) is 1. The molecule has 0 radical (unpaired) electrons. The lowest BCUT2D eigenvalue weighted by atomic mass is 10.00. The number of primary amides is 1. The van der Waals surface area contributed by atoms with Crippen molar-refractivity contribution in [3.63, 3.8) is 0 Å². The highest BCUT2D eigenvalue weighted by Crippen LogP contribution is 2.31. The molecule has 1 aliphatic heterocycles. The predicted octanol–water partition coefficient (Wildman–Crippen LogP) is 4.30. The van der Waals surface area contributed by atoms with Crippen LogP contribution in [0.15, 0.2) is 48.5 Å². The van der Waals surface area contributed by atoms with E-state index >= 15 is 0 Å². The van der Waals surface area contributed by atoms with E-state index in [1.807, 2.05) is 44.3 Å². The summed E-state index contributed by atoms with van der Waals surface area (Å²) < 4.78 is 9.50. The standard InChI is InChI=1S/C26H29N5O3/c1-4-30-21-8-6-5-7-17(21)14-23(30)24-28-20-13-18(10-12-22(20)29(24)3)25(32)31-15-19(34-26(27)33)11-9-16(31)2/h5-8,10,12-14,16,19H,4,9,11,15H2,1-3H3,(H2,27,33)/t16-,19+/m1/s1. The van der Waals surface area contributed by atoms with Crippen molar-refractivity contribution in [2.24, 2.45) is 12.8 Å². The van der Waals surface area contributed by atoms with Gasteiger partial charge in [-0.05, 0) is 57.0 Å². The first kappa shape index (κ1) is 22.0. The van der Waals surface area contributed by atoms with Gasteiger partial charge in [0.25, 0.3) is 5.91 Å². The highest BCUT2D eigenvalue weighted by atomic mass is 16.6. The van der Waals surface area contributed by atoms with Crippen LogP contribution in [0.1, 0.15) is 37.0 Å². The smallest absolute Gasteiger partial charge is 0.404 e. The Kier molecular flexibility index (Phi) is 5.51. The minimum atomic E-state index is -0.807. The van der Waals surface area contributed by atoms with Crippen LogP contribution < -0.4 is 5.73 Å². The molecule has 4 aromatic rings. The van der Waals surface area contributed by atoms with Gasteiger partial charge in [0.15, 0.2) is 5.82 Å². The lowest BCUT2D eigenvalue weighted by molar-refractivity contribution is 0.0220. The van der Waals surface area contributed by atoms with Gasteiger partial charge in [-0.25, -0.2) is 9.78 Å². The molecule has 1 aliphatic rings. The molecule has 176 valence electrons. The molecule has 0 spiro atoms. The highest BCUT2D eigenvalue weighted by molar-refractivity contribution is 5.98. The Bertz CT molecular complexity index is 1400. The van der Waals surface area contributed by atoms with E-state index in [1.54, 1.807) is 4.90 Å². The molecule has 2 amide bonds. The molecule has 3 heterocycles. The van der Waals surface area contributed by atoms with Crippen molar-refractivity contribution in [3.8, 4) is 11.5 Å². The second kappa shape index (κ2) is 8.52. The van der Waals surface area contributed by atoms with Crippen LogP contribution in [0.25, 0.3) is 33.5 Å². The Morgan fingerprint density at radius 3 is 2.68 bits per heavy atom. The number of aromatic nitrogens is 3. The summed E-state index contributed by atoms with van der Waals surface area (Å²) in [6, 6.07) is 16.2. The quantitative estimate of drug-likeness (QED) is 0.492. The lowest BCUT2D eigenvalue weighted by Gasteiger charge is -2.37. The minimum absolute atomic E-state index is 0.0514. The molecule has 34 heavy (non-hydrogen) atoms. The molecule has 2 atom stereocenters. The number of rotatable bonds is 4. The summed E-state index contributed by atoms with van der Waals surface area (Å²) in [6.07, 6.45) is 0.265. The number of fused-ring (bicyclic) bond motifs is 2. The number of hydrogen-bond donors (Lipinski definition) is 1. The minimum Gasteiger partial charge on any atom is -0.445 e. The average molecular weight is 460 g/mol. The topological polar surface area (TPSA) is 95.4 Å². The molecule has 8 nitrogen and oxygen atoms in total. The molecule has 0 bridgehead atoms. The van der Waals surface area contributed by atoms with Gasteiger partial charge < -0.3 is 24.5 Å². The largest absolute Gasteiger partial charge is 0.445 e. The van der Waals surface area contributed by atoms with Crippen molar-refractivity contribution in [2.45, 2.75) is 45.4 Å². The predicted molar refractivity (Wildman–Crippen MR) is 132 cm³/mol. The molecule has 1 fully saturated rings. The first-order valence-corrected chi connectivity index (χ1v) is 11.7. The third-order valence-electron chi connectivity index (χ3n) is 6.87. The van der Waals surface area contributed by atoms with Crippen LogP contribution in [0.5, 0.6) is 0 Å². The molecule has 0 unspecified atom stereocenters. The number of amides is 2. The zero-order valence-corrected chi connectivity index (χ0v) is 19.7. The normalized spacial score (nSPS) is 18.5. The molecule has 8 heteroatoms. The zero-order valence-electron chi connectivity index (χ0n) is 19.7. The van der Waals surface area contributed by atoms with Crippen molar-refractivity contribution < 1.29 is 14.3 Å². The summed E-state index contributed by atoms with van der Waals surface area (Å²) in [7, 11) is 2.00. The van der Waals surface area contributed by atoms with E-state index in [-0.39, 0.29) is 18.1 Å². The van der Waals surface area contributed by atoms with Crippen LogP contribution in [-0.2, 0) is 18.3 Å². The lowest BCUT2D eigenvalue weighted by Crippen LogP contribution is -2.49. The second-order valence-electron chi connectivity index (χ2n) is 8.97. The van der Waals surface area contributed by atoms with Gasteiger partial charge in [0.2, 0.25) is 0 Å². The number of ether oxygens (including phenoxy) is 1. The van der Waals surface area contributed by atoms with Crippen molar-refractivity contribution in [1.29, 1.82) is 0 Å². The average Bonchev–Trinajstić information content (AvgIpc) is 3.36. The van der Waals surface area contributed by atoms with Gasteiger partial charge in [-0.15, -0.1) is 0 Å². The van der Waals surface area contributed by atoms with Crippen LogP contribution in [-0.4, -0.2) is 49.7 Å². The number of imidazole rings is 1. The van der Waals surface area contributed by atoms with Crippen LogP contribution >= 0.6 is 0 Å². The molecule has 2 aromatic heterocycles. The maximum atomic E-state index is 13.4. The molecule has 0 saturated carbocycles. The van der Waals surface area contributed by atoms with Gasteiger partial charge in [-0.3, -0.25) is 4.79 Å². The fourth-order valence-electron chi connectivity index (χ4n) is 5.08. The Balaban J connectivity index is 1.51. The number of nitrogens with zero attached hydrogens (tertiary/aromatic N) is 4. The van der Waals surface area contributed by atoms with E-state index in [1.165, 1.54) is 10.9 Å². The number of para-hydroxylation sites is 1. The van der Waals surface area contributed by atoms with Gasteiger partial charge in [0, 0.05) is 36.1 Å². The van der Waals surface area contributed by atoms with Gasteiger partial charge in [-0.1, -0.05) is 18.2 Å². The summed E-state index contributed by atoms with van der Waals surface area (Å²) in [6.45, 7) is 5.31. The van der Waals surface area contributed by atoms with E-state index in [9.17, 15) is 9.59 Å². The summed E-state index contributed by atoms with van der Waals surface area (Å²) in [4.78, 5) is 31.3. The van der Waals surface area contributed by atoms with Crippen molar-refractivity contribution in [3.05, 3.63) is 54.1 Å². The Hall–Kier alpha value is -3.81. The van der Waals surface area contributed by atoms with E-state index in [0.717, 1.165) is 35.5 Å². The van der Waals surface area contributed by atoms with Crippen LogP contribution in [0.2, 0.25) is 0 Å². The summed E-state index contributed by atoms with van der Waals surface area (Å²) in [5.41, 5.74) is 9.71. The Morgan fingerprint density at radius 1 is 1.12 bits per heavy atom. The molecule has 2 N–H and O–H groups in total. The molecule has 1 saturated heterocycles. The van der Waals surface area contributed by atoms with Crippen molar-refractivity contribution in [1.82, 2.24) is 19.0 Å². The third-order valence-corrected chi connectivity index (χ3v) is 6.87. The SMILES string of the molecule is CCn1c(-c2nc3cc(C(=O)N4C[C@@H](OC(N)=O)CC[C@H]4C)ccc3n2C)cc2ccccc21. The van der Waals surface area contributed by atoms with Gasteiger partial charge in [0.1, 0.15) is 6.10 Å². The molecule has 2 aromatic carbocycles. The van der Waals surface area contributed by atoms with E-state index < -0.39 is 6.09 Å². The number of carbonyl (C=O) groups is 2. The number of aryl methyl sites for hydroxylation is 2. The molecular weight excluding hydrogens is 430 g/mol. The van der Waals surface area contributed by atoms with Gasteiger partial charge in [0.05, 0.1) is 23.3 Å². The van der Waals surface area contributed by atoms with E-state index in [0.29, 0.717) is 18.5 Å². The highest BCUT2D eigenvalue weighted by Gasteiger charge is 2.31. The van der Waals surface area contributed by atoms with Crippen LogP contribution in [0, 0.1) is 0 Å². The first-order valence-electron chi connectivity index (χ1n) is 11.7.